The number of sulfone groups is 1. The quantitative estimate of drug-likeness (QED) is 0.259. The maximum absolute atomic E-state index is 15.1. The molecule has 0 spiro atoms. The van der Waals surface area contributed by atoms with Crippen LogP contribution in [0.25, 0.3) is 0 Å². The van der Waals surface area contributed by atoms with Gasteiger partial charge in [-0.2, -0.15) is 0 Å². The van der Waals surface area contributed by atoms with Gasteiger partial charge in [0.15, 0.2) is 5.66 Å². The molecule has 3 aromatic carbocycles. The highest BCUT2D eigenvalue weighted by Gasteiger charge is 2.54. The second kappa shape index (κ2) is 15.3. The van der Waals surface area contributed by atoms with Crippen molar-refractivity contribution in [3.8, 4) is 5.75 Å². The fourth-order valence-corrected chi connectivity index (χ4v) is 7.16. The largest absolute Gasteiger partial charge is 0.491 e. The van der Waals surface area contributed by atoms with E-state index in [1.54, 1.807) is 0 Å². The molecule has 0 aliphatic carbocycles. The minimum Gasteiger partial charge on any atom is -0.491 e. The Morgan fingerprint density at radius 3 is 1.83 bits per heavy atom. The predicted molar refractivity (Wildman–Crippen MR) is 197 cm³/mol. The van der Waals surface area contributed by atoms with Crippen LogP contribution in [-0.4, -0.2) is 75.0 Å². The SMILES string of the molecule is CC(C)Oc1cc(C(C)(C)C)ccc1C1(C(=O)N2CCN(CCS(C)(=O)=O)CC2)N[C@H](c2ccc(Cl)cc2)[C@H](c2ccc(Cl)cc2)N1.Cl. The minimum absolute atomic E-state index is 0. The van der Waals surface area contributed by atoms with Crippen molar-refractivity contribution >= 4 is 51.4 Å². The van der Waals surface area contributed by atoms with Crippen LogP contribution in [0.4, 0.5) is 0 Å². The molecule has 2 saturated heterocycles. The molecule has 262 valence electrons. The molecule has 3 aromatic rings. The maximum atomic E-state index is 15.1. The Morgan fingerprint density at radius 1 is 0.896 bits per heavy atom. The normalized spacial score (nSPS) is 22.1. The highest BCUT2D eigenvalue weighted by molar-refractivity contribution is 7.90. The van der Waals surface area contributed by atoms with Gasteiger partial charge in [0, 0.05) is 54.6 Å². The van der Waals surface area contributed by atoms with Crippen LogP contribution >= 0.6 is 35.6 Å². The van der Waals surface area contributed by atoms with Gasteiger partial charge < -0.3 is 9.64 Å². The Labute approximate surface area is 301 Å². The lowest BCUT2D eigenvalue weighted by molar-refractivity contribution is -0.141. The molecule has 2 fully saturated rings. The number of halogens is 3. The first-order valence-electron chi connectivity index (χ1n) is 16.1. The van der Waals surface area contributed by atoms with Crippen molar-refractivity contribution in [1.29, 1.82) is 0 Å². The van der Waals surface area contributed by atoms with Crippen molar-refractivity contribution in [2.75, 3.05) is 44.7 Å². The highest BCUT2D eigenvalue weighted by atomic mass is 35.5. The molecule has 5 rings (SSSR count). The average Bonchev–Trinajstić information content (AvgIpc) is 3.41. The summed E-state index contributed by atoms with van der Waals surface area (Å²) in [5.74, 6) is 0.613. The van der Waals surface area contributed by atoms with Gasteiger partial charge in [-0.25, -0.2) is 8.42 Å². The zero-order chi connectivity index (χ0) is 34.1. The van der Waals surface area contributed by atoms with Crippen LogP contribution in [0.5, 0.6) is 5.75 Å². The van der Waals surface area contributed by atoms with Crippen LogP contribution < -0.4 is 15.4 Å². The third-order valence-corrected chi connectivity index (χ3v) is 10.3. The molecule has 0 saturated carbocycles. The van der Waals surface area contributed by atoms with E-state index in [4.69, 9.17) is 27.9 Å². The molecule has 12 heteroatoms. The first kappa shape index (κ1) is 38.4. The molecule has 8 nitrogen and oxygen atoms in total. The molecule has 0 aromatic heterocycles. The predicted octanol–water partition coefficient (Wildman–Crippen LogP) is 6.52. The summed E-state index contributed by atoms with van der Waals surface area (Å²) in [4.78, 5) is 19.1. The Kier molecular flexibility index (Phi) is 12.2. The molecule has 1 amide bonds. The molecule has 1 unspecified atom stereocenters. The van der Waals surface area contributed by atoms with Gasteiger partial charge in [-0.1, -0.05) is 80.4 Å². The van der Waals surface area contributed by atoms with Gasteiger partial charge in [-0.05, 0) is 66.3 Å². The molecular weight excluding hydrogens is 691 g/mol. The lowest BCUT2D eigenvalue weighted by atomic mass is 9.84. The maximum Gasteiger partial charge on any atom is 0.262 e. The number of rotatable bonds is 9. The van der Waals surface area contributed by atoms with Crippen LogP contribution in [-0.2, 0) is 25.7 Å². The number of piperazine rings is 1. The first-order chi connectivity index (χ1) is 22.1. The van der Waals surface area contributed by atoms with E-state index >= 15 is 4.79 Å². The summed E-state index contributed by atoms with van der Waals surface area (Å²) >= 11 is 12.6. The summed E-state index contributed by atoms with van der Waals surface area (Å²) in [6, 6.07) is 20.9. The number of nitrogens with zero attached hydrogens (tertiary/aromatic N) is 2. The van der Waals surface area contributed by atoms with E-state index in [1.165, 1.54) is 6.26 Å². The molecule has 2 N–H and O–H groups in total. The number of amides is 1. The van der Waals surface area contributed by atoms with Gasteiger partial charge in [0.2, 0.25) is 0 Å². The fourth-order valence-electron chi connectivity index (χ4n) is 6.32. The Balaban J connectivity index is 0.00000520. The van der Waals surface area contributed by atoms with Gasteiger partial charge in [0.05, 0.1) is 23.9 Å². The highest BCUT2D eigenvalue weighted by Crippen LogP contribution is 2.45. The van der Waals surface area contributed by atoms with E-state index in [9.17, 15) is 8.42 Å². The topological polar surface area (TPSA) is 91.0 Å². The summed E-state index contributed by atoms with van der Waals surface area (Å²) in [5.41, 5.74) is 2.25. The van der Waals surface area contributed by atoms with Crippen LogP contribution in [0.2, 0.25) is 10.0 Å². The number of ether oxygens (including phenoxy) is 1. The van der Waals surface area contributed by atoms with Crippen molar-refractivity contribution in [2.24, 2.45) is 0 Å². The first-order valence-corrected chi connectivity index (χ1v) is 18.9. The van der Waals surface area contributed by atoms with Crippen LogP contribution in [0.3, 0.4) is 0 Å². The smallest absolute Gasteiger partial charge is 0.262 e. The molecule has 3 atom stereocenters. The number of benzene rings is 3. The van der Waals surface area contributed by atoms with Crippen LogP contribution in [0.15, 0.2) is 66.7 Å². The van der Waals surface area contributed by atoms with Gasteiger partial charge in [-0.15, -0.1) is 12.4 Å². The van der Waals surface area contributed by atoms with E-state index in [2.05, 4.69) is 48.4 Å². The van der Waals surface area contributed by atoms with E-state index in [0.717, 1.165) is 16.7 Å². The zero-order valence-electron chi connectivity index (χ0n) is 28.4. The summed E-state index contributed by atoms with van der Waals surface area (Å²) in [6.45, 7) is 13.0. The summed E-state index contributed by atoms with van der Waals surface area (Å²) in [6.07, 6.45) is 1.12. The average molecular weight is 738 g/mol. The van der Waals surface area contributed by atoms with Crippen LogP contribution in [0.1, 0.15) is 69.0 Å². The zero-order valence-corrected chi connectivity index (χ0v) is 31.6. The summed E-state index contributed by atoms with van der Waals surface area (Å²) in [7, 11) is -3.08. The number of carbonyl (C=O) groups is 1. The number of carbonyl (C=O) groups excluding carboxylic acids is 1. The van der Waals surface area contributed by atoms with Crippen LogP contribution in [0, 0.1) is 0 Å². The lowest BCUT2D eigenvalue weighted by Gasteiger charge is -2.41. The van der Waals surface area contributed by atoms with Crippen molar-refractivity contribution < 1.29 is 17.9 Å². The van der Waals surface area contributed by atoms with Crippen molar-refractivity contribution in [1.82, 2.24) is 20.4 Å². The van der Waals surface area contributed by atoms with E-state index < -0.39 is 15.5 Å². The van der Waals surface area contributed by atoms with E-state index in [1.807, 2.05) is 73.3 Å². The molecule has 2 heterocycles. The van der Waals surface area contributed by atoms with E-state index in [0.29, 0.717) is 54.1 Å². The summed E-state index contributed by atoms with van der Waals surface area (Å²) < 4.78 is 30.1. The fraction of sp³-hybridized carbons (Fsp3) is 0.472. The van der Waals surface area contributed by atoms with Gasteiger partial charge in [0.25, 0.3) is 5.91 Å². The lowest BCUT2D eigenvalue weighted by Crippen LogP contribution is -2.62. The van der Waals surface area contributed by atoms with Gasteiger partial charge in [-0.3, -0.25) is 20.3 Å². The van der Waals surface area contributed by atoms with Gasteiger partial charge in [0.1, 0.15) is 15.6 Å². The third-order valence-electron chi connectivity index (χ3n) is 8.91. The summed E-state index contributed by atoms with van der Waals surface area (Å²) in [5, 5.41) is 8.85. The Bertz CT molecular complexity index is 1620. The van der Waals surface area contributed by atoms with Crippen molar-refractivity contribution in [2.45, 2.75) is 63.9 Å². The van der Waals surface area contributed by atoms with Crippen molar-refractivity contribution in [3.63, 3.8) is 0 Å². The minimum atomic E-state index is -3.08. The standard InChI is InChI=1S/C36H46Cl2N4O4S.ClH/c1-24(2)46-31-23-27(35(3,4)5)11-16-30(31)36(34(43)42-19-17-41(18-20-42)21-22-47(6,44)45)39-32(25-7-12-28(37)13-8-25)33(40-36)26-9-14-29(38)15-10-26;/h7-16,23-24,32-33,39-40H,17-22H2,1-6H3;1H/t32-,33+,36?;. The van der Waals surface area contributed by atoms with E-state index in [-0.39, 0.29) is 47.7 Å². The molecule has 48 heavy (non-hydrogen) atoms. The van der Waals surface area contributed by atoms with Crippen molar-refractivity contribution in [3.05, 3.63) is 99.0 Å². The number of hydrogen-bond acceptors (Lipinski definition) is 7. The second-order valence-electron chi connectivity index (χ2n) is 14.0. The Morgan fingerprint density at radius 2 is 1.40 bits per heavy atom. The second-order valence-corrected chi connectivity index (χ2v) is 17.1. The molecule has 0 bridgehead atoms. The molecule has 0 radical (unpaired) electrons. The number of hydrogen-bond donors (Lipinski definition) is 2. The molecule has 2 aliphatic rings. The van der Waals surface area contributed by atoms with Gasteiger partial charge >= 0.3 is 0 Å². The number of nitrogens with one attached hydrogen (secondary N) is 2. The molecular formula is C36H47Cl3N4O4S. The Hall–Kier alpha value is -2.37. The molecule has 2 aliphatic heterocycles. The third kappa shape index (κ3) is 8.85. The monoisotopic (exact) mass is 736 g/mol.